The van der Waals surface area contributed by atoms with Gasteiger partial charge in [0.15, 0.2) is 0 Å². The first-order chi connectivity index (χ1) is 14.0. The summed E-state index contributed by atoms with van der Waals surface area (Å²) in [4.78, 5) is 0. The molecule has 0 amide bonds. The topological polar surface area (TPSA) is 26.0 Å². The first-order valence-corrected chi connectivity index (χ1v) is 13.8. The Balaban J connectivity index is 3.61. The second-order valence-electron chi connectivity index (χ2n) is 10.5. The van der Waals surface area contributed by atoms with Crippen LogP contribution in [0.3, 0.4) is 0 Å². The van der Waals surface area contributed by atoms with E-state index in [1.165, 1.54) is 141 Å². The minimum absolute atomic E-state index is 0.00143. The van der Waals surface area contributed by atoms with E-state index >= 15 is 0 Å². The van der Waals surface area contributed by atoms with Gasteiger partial charge in [0, 0.05) is 5.54 Å². The lowest BCUT2D eigenvalue weighted by atomic mass is 9.80. The maximum absolute atomic E-state index is 6.52. The van der Waals surface area contributed by atoms with E-state index in [9.17, 15) is 0 Å². The van der Waals surface area contributed by atoms with Gasteiger partial charge < -0.3 is 5.73 Å². The lowest BCUT2D eigenvalue weighted by molar-refractivity contribution is 0.267. The summed E-state index contributed by atoms with van der Waals surface area (Å²) in [5.41, 5.74) is 6.52. The normalized spacial score (nSPS) is 12.2. The fraction of sp³-hybridized carbons (Fsp3) is 1.00. The molecule has 176 valence electrons. The fourth-order valence-electron chi connectivity index (χ4n) is 4.64. The van der Waals surface area contributed by atoms with E-state index < -0.39 is 0 Å². The SMILES string of the molecule is CCCCCCCCCCCCC(CCCCCCCCCCCC)C(C)(C)N. The van der Waals surface area contributed by atoms with E-state index in [4.69, 9.17) is 5.73 Å². The van der Waals surface area contributed by atoms with Gasteiger partial charge in [-0.05, 0) is 32.6 Å². The third kappa shape index (κ3) is 21.0. The minimum atomic E-state index is -0.00143. The molecule has 29 heavy (non-hydrogen) atoms. The van der Waals surface area contributed by atoms with Crippen molar-refractivity contribution in [1.29, 1.82) is 0 Å². The van der Waals surface area contributed by atoms with E-state index in [1.807, 2.05) is 0 Å². The predicted molar refractivity (Wildman–Crippen MR) is 135 cm³/mol. The van der Waals surface area contributed by atoms with Crippen molar-refractivity contribution >= 4 is 0 Å². The van der Waals surface area contributed by atoms with Gasteiger partial charge in [-0.3, -0.25) is 0 Å². The van der Waals surface area contributed by atoms with Crippen LogP contribution < -0.4 is 5.73 Å². The van der Waals surface area contributed by atoms with Gasteiger partial charge >= 0.3 is 0 Å². The van der Waals surface area contributed by atoms with E-state index in [1.54, 1.807) is 0 Å². The molecular weight excluding hydrogens is 350 g/mol. The molecule has 0 aromatic rings. The molecule has 0 fully saturated rings. The molecule has 0 aliphatic rings. The average molecular weight is 410 g/mol. The smallest absolute Gasteiger partial charge is 0.0125 e. The summed E-state index contributed by atoms with van der Waals surface area (Å²) in [7, 11) is 0. The molecule has 0 bridgehead atoms. The van der Waals surface area contributed by atoms with Crippen LogP contribution in [0.4, 0.5) is 0 Å². The van der Waals surface area contributed by atoms with Crippen LogP contribution in [0.5, 0.6) is 0 Å². The molecule has 0 atom stereocenters. The Morgan fingerprint density at radius 3 is 0.931 bits per heavy atom. The van der Waals surface area contributed by atoms with Gasteiger partial charge in [0.1, 0.15) is 0 Å². The number of nitrogens with two attached hydrogens (primary N) is 1. The summed E-state index contributed by atoms with van der Waals surface area (Å²) in [6.45, 7) is 9.10. The Morgan fingerprint density at radius 2 is 0.690 bits per heavy atom. The summed E-state index contributed by atoms with van der Waals surface area (Å²) >= 11 is 0. The molecule has 1 nitrogen and oxygen atoms in total. The van der Waals surface area contributed by atoms with Gasteiger partial charge in [-0.1, -0.05) is 142 Å². The van der Waals surface area contributed by atoms with Crippen LogP contribution in [0.15, 0.2) is 0 Å². The Bertz CT molecular complexity index is 280. The zero-order chi connectivity index (χ0) is 21.6. The highest BCUT2D eigenvalue weighted by molar-refractivity contribution is 4.82. The van der Waals surface area contributed by atoms with Crippen molar-refractivity contribution in [3.8, 4) is 0 Å². The molecule has 0 unspecified atom stereocenters. The van der Waals surface area contributed by atoms with Crippen molar-refractivity contribution in [2.45, 2.75) is 174 Å². The molecule has 0 aliphatic heterocycles. The van der Waals surface area contributed by atoms with Gasteiger partial charge in [-0.15, -0.1) is 0 Å². The third-order valence-electron chi connectivity index (χ3n) is 6.86. The third-order valence-corrected chi connectivity index (χ3v) is 6.86. The largest absolute Gasteiger partial charge is 0.325 e. The quantitative estimate of drug-likeness (QED) is 0.167. The standard InChI is InChI=1S/C28H59N/c1-5-7-9-11-13-15-17-19-21-23-25-27(28(3,4)29)26-24-22-20-18-16-14-12-10-8-6-2/h27H,5-26,29H2,1-4H3. The maximum atomic E-state index is 6.52. The zero-order valence-electron chi connectivity index (χ0n) is 21.2. The van der Waals surface area contributed by atoms with Crippen LogP contribution in [-0.4, -0.2) is 5.54 Å². The lowest BCUT2D eigenvalue weighted by Gasteiger charge is -2.31. The van der Waals surface area contributed by atoms with Gasteiger partial charge in [-0.2, -0.15) is 0 Å². The van der Waals surface area contributed by atoms with Gasteiger partial charge in [0.2, 0.25) is 0 Å². The minimum Gasteiger partial charge on any atom is -0.325 e. The van der Waals surface area contributed by atoms with Crippen molar-refractivity contribution in [3.63, 3.8) is 0 Å². The molecule has 0 rings (SSSR count). The van der Waals surface area contributed by atoms with Crippen LogP contribution >= 0.6 is 0 Å². The maximum Gasteiger partial charge on any atom is 0.0125 e. The summed E-state index contributed by atoms with van der Waals surface area (Å²) in [6.07, 6.45) is 31.2. The Kier molecular flexibility index (Phi) is 21.2. The highest BCUT2D eigenvalue weighted by Gasteiger charge is 2.23. The highest BCUT2D eigenvalue weighted by Crippen LogP contribution is 2.27. The molecule has 0 saturated carbocycles. The van der Waals surface area contributed by atoms with Crippen LogP contribution in [0.1, 0.15) is 169 Å². The molecule has 1 heteroatoms. The highest BCUT2D eigenvalue weighted by atomic mass is 14.7. The monoisotopic (exact) mass is 409 g/mol. The molecular formula is C28H59N. The molecule has 0 aromatic carbocycles. The van der Waals surface area contributed by atoms with Crippen molar-refractivity contribution in [2.24, 2.45) is 11.7 Å². The van der Waals surface area contributed by atoms with Crippen molar-refractivity contribution in [1.82, 2.24) is 0 Å². The Hall–Kier alpha value is -0.0400. The zero-order valence-corrected chi connectivity index (χ0v) is 21.2. The molecule has 0 saturated heterocycles. The molecule has 0 aliphatic carbocycles. The van der Waals surface area contributed by atoms with E-state index in [2.05, 4.69) is 27.7 Å². The summed E-state index contributed by atoms with van der Waals surface area (Å²) in [5, 5.41) is 0. The van der Waals surface area contributed by atoms with E-state index in [0.717, 1.165) is 0 Å². The molecule has 0 aromatic heterocycles. The average Bonchev–Trinajstić information content (AvgIpc) is 2.68. The number of rotatable bonds is 23. The first kappa shape index (κ1) is 29.0. The second kappa shape index (κ2) is 21.2. The molecule has 0 radical (unpaired) electrons. The van der Waals surface area contributed by atoms with Crippen LogP contribution in [-0.2, 0) is 0 Å². The van der Waals surface area contributed by atoms with Crippen LogP contribution in [0.25, 0.3) is 0 Å². The first-order valence-electron chi connectivity index (χ1n) is 13.8. The summed E-state index contributed by atoms with van der Waals surface area (Å²) in [5.74, 6) is 0.714. The van der Waals surface area contributed by atoms with Gasteiger partial charge in [-0.25, -0.2) is 0 Å². The summed E-state index contributed by atoms with van der Waals surface area (Å²) in [6, 6.07) is 0. The second-order valence-corrected chi connectivity index (χ2v) is 10.5. The van der Waals surface area contributed by atoms with Crippen molar-refractivity contribution < 1.29 is 0 Å². The van der Waals surface area contributed by atoms with Gasteiger partial charge in [0.05, 0.1) is 0 Å². The Labute approximate surface area is 186 Å². The van der Waals surface area contributed by atoms with Crippen molar-refractivity contribution in [3.05, 3.63) is 0 Å². The lowest BCUT2D eigenvalue weighted by Crippen LogP contribution is -2.40. The van der Waals surface area contributed by atoms with Gasteiger partial charge in [0.25, 0.3) is 0 Å². The summed E-state index contributed by atoms with van der Waals surface area (Å²) < 4.78 is 0. The van der Waals surface area contributed by atoms with E-state index in [-0.39, 0.29) is 5.54 Å². The predicted octanol–water partition coefficient (Wildman–Crippen LogP) is 9.96. The number of hydrogen-bond donors (Lipinski definition) is 1. The molecule has 2 N–H and O–H groups in total. The van der Waals surface area contributed by atoms with E-state index in [0.29, 0.717) is 5.92 Å². The van der Waals surface area contributed by atoms with Crippen molar-refractivity contribution in [2.75, 3.05) is 0 Å². The fourth-order valence-corrected chi connectivity index (χ4v) is 4.64. The number of unbranched alkanes of at least 4 members (excludes halogenated alkanes) is 18. The van der Waals surface area contributed by atoms with Crippen LogP contribution in [0, 0.1) is 5.92 Å². The number of hydrogen-bond acceptors (Lipinski definition) is 1. The molecule has 0 spiro atoms. The van der Waals surface area contributed by atoms with Crippen LogP contribution in [0.2, 0.25) is 0 Å². The molecule has 0 heterocycles. The Morgan fingerprint density at radius 1 is 0.448 bits per heavy atom.